The van der Waals surface area contributed by atoms with Crippen LogP contribution < -0.4 is 5.30 Å². The van der Waals surface area contributed by atoms with Crippen LogP contribution in [0.25, 0.3) is 11.1 Å². The van der Waals surface area contributed by atoms with Crippen LogP contribution in [0.2, 0.25) is 0 Å². The van der Waals surface area contributed by atoms with Crippen molar-refractivity contribution in [3.63, 3.8) is 0 Å². The molecule has 21 heavy (non-hydrogen) atoms. The highest BCUT2D eigenvalue weighted by atomic mass is 31.1. The maximum Gasteiger partial charge on any atom is -0.0107 e. The van der Waals surface area contributed by atoms with Crippen LogP contribution in [0.4, 0.5) is 0 Å². The Morgan fingerprint density at radius 1 is 0.714 bits per heavy atom. The summed E-state index contributed by atoms with van der Waals surface area (Å²) < 4.78 is 0. The maximum absolute atomic E-state index is 2.37. The predicted octanol–water partition coefficient (Wildman–Crippen LogP) is 6.06. The van der Waals surface area contributed by atoms with Gasteiger partial charge in [0, 0.05) is 0 Å². The van der Waals surface area contributed by atoms with Crippen LogP contribution in [0.15, 0.2) is 54.6 Å². The summed E-state index contributed by atoms with van der Waals surface area (Å²) in [5, 5.41) is 1.61. The Morgan fingerprint density at radius 3 is 1.90 bits per heavy atom. The standard InChI is InChI=1S/C20H27P/c1-3-5-16-21(17-6-4-2)20-15-11-10-14-19(20)18-12-8-7-9-13-18/h7-15H,3-6,16-17H2,1-2H3. The molecule has 0 N–H and O–H groups in total. The molecule has 0 aliphatic heterocycles. The molecule has 2 rings (SSSR count). The monoisotopic (exact) mass is 298 g/mol. The van der Waals surface area contributed by atoms with E-state index in [1.807, 2.05) is 0 Å². The van der Waals surface area contributed by atoms with Gasteiger partial charge in [-0.25, -0.2) is 0 Å². The van der Waals surface area contributed by atoms with E-state index in [1.54, 1.807) is 5.30 Å². The molecule has 0 unspecified atom stereocenters. The van der Waals surface area contributed by atoms with Gasteiger partial charge >= 0.3 is 0 Å². The zero-order valence-corrected chi connectivity index (χ0v) is 14.3. The molecule has 0 radical (unpaired) electrons. The van der Waals surface area contributed by atoms with Crippen LogP contribution in [0, 0.1) is 0 Å². The van der Waals surface area contributed by atoms with Gasteiger partial charge in [0.15, 0.2) is 0 Å². The minimum atomic E-state index is -0.0120. The lowest BCUT2D eigenvalue weighted by Crippen LogP contribution is -2.10. The van der Waals surface area contributed by atoms with Gasteiger partial charge in [-0.15, -0.1) is 0 Å². The van der Waals surface area contributed by atoms with Crippen molar-refractivity contribution >= 4 is 13.2 Å². The predicted molar refractivity (Wildman–Crippen MR) is 98.0 cm³/mol. The first-order valence-electron chi connectivity index (χ1n) is 8.26. The van der Waals surface area contributed by atoms with Crippen LogP contribution in [-0.4, -0.2) is 12.3 Å². The number of hydrogen-bond donors (Lipinski definition) is 0. The zero-order chi connectivity index (χ0) is 14.9. The number of rotatable bonds is 8. The molecule has 0 atom stereocenters. The van der Waals surface area contributed by atoms with E-state index < -0.39 is 0 Å². The van der Waals surface area contributed by atoms with Gasteiger partial charge in [0.1, 0.15) is 0 Å². The average Bonchev–Trinajstić information content (AvgIpc) is 2.56. The van der Waals surface area contributed by atoms with E-state index in [0.717, 1.165) is 0 Å². The molecular weight excluding hydrogens is 271 g/mol. The van der Waals surface area contributed by atoms with Crippen LogP contribution in [-0.2, 0) is 0 Å². The molecule has 112 valence electrons. The molecule has 0 aliphatic rings. The molecule has 0 spiro atoms. The van der Waals surface area contributed by atoms with E-state index in [1.165, 1.54) is 49.1 Å². The van der Waals surface area contributed by atoms with Crippen molar-refractivity contribution in [2.24, 2.45) is 0 Å². The normalized spacial score (nSPS) is 11.0. The molecule has 0 aromatic heterocycles. The fourth-order valence-electron chi connectivity index (χ4n) is 2.66. The lowest BCUT2D eigenvalue weighted by atomic mass is 10.1. The van der Waals surface area contributed by atoms with E-state index in [0.29, 0.717) is 0 Å². The number of benzene rings is 2. The maximum atomic E-state index is 2.37. The lowest BCUT2D eigenvalue weighted by Gasteiger charge is -2.21. The highest BCUT2D eigenvalue weighted by Crippen LogP contribution is 2.40. The Hall–Kier alpha value is -1.13. The van der Waals surface area contributed by atoms with Crippen LogP contribution in [0.5, 0.6) is 0 Å². The number of unbranched alkanes of at least 4 members (excludes halogenated alkanes) is 2. The summed E-state index contributed by atoms with van der Waals surface area (Å²) in [5.41, 5.74) is 2.82. The third-order valence-electron chi connectivity index (χ3n) is 3.89. The van der Waals surface area contributed by atoms with E-state index in [2.05, 4.69) is 68.4 Å². The highest BCUT2D eigenvalue weighted by Gasteiger charge is 2.14. The molecule has 1 heteroatoms. The van der Waals surface area contributed by atoms with Gasteiger partial charge in [-0.2, -0.15) is 0 Å². The van der Waals surface area contributed by atoms with Crippen molar-refractivity contribution in [1.82, 2.24) is 0 Å². The topological polar surface area (TPSA) is 0 Å². The Morgan fingerprint density at radius 2 is 1.29 bits per heavy atom. The fourth-order valence-corrected chi connectivity index (χ4v) is 5.60. The molecule has 0 saturated carbocycles. The molecule has 0 amide bonds. The van der Waals surface area contributed by atoms with Crippen LogP contribution >= 0.6 is 7.92 Å². The van der Waals surface area contributed by atoms with E-state index in [-0.39, 0.29) is 7.92 Å². The van der Waals surface area contributed by atoms with Gasteiger partial charge in [0.2, 0.25) is 0 Å². The van der Waals surface area contributed by atoms with Crippen LogP contribution in [0.3, 0.4) is 0 Å². The summed E-state index contributed by atoms with van der Waals surface area (Å²) in [5.74, 6) is 0. The van der Waals surface area contributed by atoms with Crippen molar-refractivity contribution in [2.45, 2.75) is 39.5 Å². The highest BCUT2D eigenvalue weighted by molar-refractivity contribution is 7.65. The molecule has 0 saturated heterocycles. The fraction of sp³-hybridized carbons (Fsp3) is 0.400. The summed E-state index contributed by atoms with van der Waals surface area (Å²) in [4.78, 5) is 0. The van der Waals surface area contributed by atoms with E-state index >= 15 is 0 Å². The van der Waals surface area contributed by atoms with Gasteiger partial charge in [0.05, 0.1) is 0 Å². The first kappa shape index (κ1) is 16.2. The first-order chi connectivity index (χ1) is 10.4. The second-order valence-corrected chi connectivity index (χ2v) is 8.03. The van der Waals surface area contributed by atoms with Gasteiger partial charge < -0.3 is 0 Å². The minimum Gasteiger partial charge on any atom is -0.0746 e. The Bertz CT molecular complexity index is 510. The third kappa shape index (κ3) is 4.68. The van der Waals surface area contributed by atoms with Crippen molar-refractivity contribution in [2.75, 3.05) is 12.3 Å². The van der Waals surface area contributed by atoms with Gasteiger partial charge in [-0.3, -0.25) is 0 Å². The first-order valence-corrected chi connectivity index (χ1v) is 9.97. The van der Waals surface area contributed by atoms with Crippen molar-refractivity contribution in [1.29, 1.82) is 0 Å². The summed E-state index contributed by atoms with van der Waals surface area (Å²) in [6.07, 6.45) is 8.10. The zero-order valence-electron chi connectivity index (χ0n) is 13.4. The van der Waals surface area contributed by atoms with Crippen molar-refractivity contribution in [3.05, 3.63) is 54.6 Å². The lowest BCUT2D eigenvalue weighted by molar-refractivity contribution is 0.871. The Balaban J connectivity index is 2.31. The smallest absolute Gasteiger partial charge is 0.0107 e. The van der Waals surface area contributed by atoms with E-state index in [9.17, 15) is 0 Å². The summed E-state index contributed by atoms with van der Waals surface area (Å²) in [6.45, 7) is 4.60. The van der Waals surface area contributed by atoms with Crippen LogP contribution in [0.1, 0.15) is 39.5 Å². The summed E-state index contributed by atoms with van der Waals surface area (Å²) in [7, 11) is -0.0120. The quantitative estimate of drug-likeness (QED) is 0.519. The molecule has 0 fully saturated rings. The molecular formula is C20H27P. The largest absolute Gasteiger partial charge is 0.0746 e. The molecule has 0 heterocycles. The van der Waals surface area contributed by atoms with E-state index in [4.69, 9.17) is 0 Å². The summed E-state index contributed by atoms with van der Waals surface area (Å²) >= 11 is 0. The van der Waals surface area contributed by atoms with Gasteiger partial charge in [-0.1, -0.05) is 89.2 Å². The Labute approximate surface area is 131 Å². The SMILES string of the molecule is CCCCP(CCCC)c1ccccc1-c1ccccc1. The van der Waals surface area contributed by atoms with Crippen molar-refractivity contribution in [3.8, 4) is 11.1 Å². The second kappa shape index (κ2) is 9.00. The molecule has 0 nitrogen and oxygen atoms in total. The van der Waals surface area contributed by atoms with Gasteiger partial charge in [-0.05, 0) is 41.6 Å². The second-order valence-electron chi connectivity index (χ2n) is 5.58. The molecule has 2 aromatic rings. The molecule has 2 aromatic carbocycles. The Kier molecular flexibility index (Phi) is 6.96. The summed E-state index contributed by atoms with van der Waals surface area (Å²) in [6, 6.07) is 19.9. The molecule has 0 aliphatic carbocycles. The average molecular weight is 298 g/mol. The number of hydrogen-bond acceptors (Lipinski definition) is 0. The minimum absolute atomic E-state index is 0.0120. The third-order valence-corrected chi connectivity index (χ3v) is 6.68. The van der Waals surface area contributed by atoms with Gasteiger partial charge in [0.25, 0.3) is 0 Å². The molecule has 0 bridgehead atoms. The van der Waals surface area contributed by atoms with Crippen molar-refractivity contribution < 1.29 is 0 Å².